The first-order chi connectivity index (χ1) is 1.91. The molecule has 5 heteroatoms. The van der Waals surface area contributed by atoms with Crippen molar-refractivity contribution in [3.05, 3.63) is 10.4 Å². The molecule has 0 saturated heterocycles. The molecule has 0 amide bonds. The Morgan fingerprint density at radius 2 is 1.83 bits per heavy atom. The molecule has 0 atom stereocenters. The molecule has 0 heterocycles. The van der Waals surface area contributed by atoms with Crippen LogP contribution in [-0.2, 0) is 16.2 Å². The zero-order valence-electron chi connectivity index (χ0n) is 2.35. The standard InChI is InChI=1S/CH4.Cu.N3.Pb.2H/c;;1-3-2;;;/h1H4;;;;;/q;+1;-1;;;. The van der Waals surface area contributed by atoms with Crippen LogP contribution in [0.5, 0.6) is 0 Å². The molecule has 3 nitrogen and oxygen atoms in total. The summed E-state index contributed by atoms with van der Waals surface area (Å²) in [5.74, 6) is 0. The molecular weight excluding hydrogens is 325 g/mol. The first-order valence-corrected chi connectivity index (χ1v) is 0.956. The Morgan fingerprint density at radius 1 is 1.67 bits per heavy atom. The van der Waals surface area contributed by atoms with Crippen molar-refractivity contribution in [2.75, 3.05) is 0 Å². The maximum absolute atomic E-state index is 7.22. The van der Waals surface area contributed by atoms with Crippen molar-refractivity contribution in [2.24, 2.45) is 4.13 Å². The molecule has 0 N–H and O–H groups in total. The second kappa shape index (κ2) is 17.2. The van der Waals surface area contributed by atoms with Gasteiger partial charge in [-0.1, -0.05) is 7.43 Å². The minimum atomic E-state index is 0. The van der Waals surface area contributed by atoms with Gasteiger partial charge < -0.3 is 0 Å². The molecule has 0 aliphatic heterocycles. The molecule has 40 valence electrons. The molecule has 6 heavy (non-hydrogen) atoms. The quantitative estimate of drug-likeness (QED) is 0.268. The predicted octanol–water partition coefficient (Wildman–Crippen LogP) is 0.478. The Balaban J connectivity index is -0.0000000450. The van der Waals surface area contributed by atoms with Gasteiger partial charge >= 0.3 is 58.1 Å². The molecule has 0 aromatic carbocycles. The van der Waals surface area contributed by atoms with Gasteiger partial charge in [0.15, 0.2) is 0 Å². The molecule has 0 aliphatic carbocycles. The average molecular weight is 331 g/mol. The third-order valence-electron chi connectivity index (χ3n) is 0.0270. The van der Waals surface area contributed by atoms with Crippen LogP contribution >= 0.6 is 0 Å². The van der Waals surface area contributed by atoms with Crippen LogP contribution in [0.2, 0.25) is 0 Å². The van der Waals surface area contributed by atoms with Gasteiger partial charge in [0.25, 0.3) is 0 Å². The van der Waals surface area contributed by atoms with Crippen LogP contribution < -0.4 is 0 Å². The normalized spacial score (nSPS) is 3.00. The van der Waals surface area contributed by atoms with Gasteiger partial charge in [0.2, 0.25) is 0 Å². The predicted molar refractivity (Wildman–Crippen MR) is 24.4 cm³/mol. The summed E-state index contributed by atoms with van der Waals surface area (Å²) < 4.78 is 2.48. The van der Waals surface area contributed by atoms with Crippen LogP contribution in [0.15, 0.2) is 4.13 Å². The van der Waals surface area contributed by atoms with Crippen molar-refractivity contribution < 1.29 is 16.2 Å². The topological polar surface area (TPSA) is 48.8 Å². The zero-order valence-corrected chi connectivity index (χ0v) is 8.79. The van der Waals surface area contributed by atoms with Gasteiger partial charge in [0, 0.05) is 0 Å². The van der Waals surface area contributed by atoms with Gasteiger partial charge in [-0.25, -0.2) is 0 Å². The molecular formula is CH6CuN3Pb. The van der Waals surface area contributed by atoms with E-state index in [1.54, 1.807) is 0 Å². The Labute approximate surface area is 65.3 Å². The van der Waals surface area contributed by atoms with Crippen LogP contribution in [0.3, 0.4) is 0 Å². The van der Waals surface area contributed by atoms with Crippen molar-refractivity contribution in [2.45, 2.75) is 7.43 Å². The van der Waals surface area contributed by atoms with E-state index in [0.29, 0.717) is 0 Å². The number of hydrogen-bond acceptors (Lipinski definition) is 1. The van der Waals surface area contributed by atoms with E-state index in [-0.39, 0.29) is 34.7 Å². The summed E-state index contributed by atoms with van der Waals surface area (Å²) in [7, 11) is 0. The van der Waals surface area contributed by atoms with Crippen LogP contribution in [-0.4, -0.2) is 27.3 Å². The van der Waals surface area contributed by atoms with Crippen molar-refractivity contribution >= 4 is 27.3 Å². The zero-order chi connectivity index (χ0) is 3.41. The first kappa shape index (κ1) is 15.9. The Morgan fingerprint density at radius 3 is 1.83 bits per heavy atom. The molecule has 0 unspecified atom stereocenters. The third kappa shape index (κ3) is 21.8. The van der Waals surface area contributed by atoms with E-state index in [9.17, 15) is 0 Å². The van der Waals surface area contributed by atoms with Crippen LogP contribution in [0.25, 0.3) is 10.4 Å². The summed E-state index contributed by atoms with van der Waals surface area (Å²) in [6.07, 6.45) is 0. The second-order valence-electron chi connectivity index (χ2n) is 0.150. The van der Waals surface area contributed by atoms with E-state index < -0.39 is 0 Å². The Hall–Kier alpha value is 0.752. The molecule has 0 bridgehead atoms. The fraction of sp³-hybridized carbons (Fsp3) is 1.00. The van der Waals surface area contributed by atoms with Gasteiger partial charge in [0.05, 0.1) is 0 Å². The van der Waals surface area contributed by atoms with E-state index in [2.05, 4.69) is 25.3 Å². The molecule has 0 spiro atoms. The van der Waals surface area contributed by atoms with Crippen LogP contribution in [0.4, 0.5) is 0 Å². The van der Waals surface area contributed by atoms with Gasteiger partial charge in [-0.3, -0.25) is 0 Å². The summed E-state index contributed by atoms with van der Waals surface area (Å²) in [4.78, 5) is 2.17. The van der Waals surface area contributed by atoms with E-state index in [1.165, 1.54) is 0 Å². The van der Waals surface area contributed by atoms with E-state index >= 15 is 0 Å². The molecule has 0 aromatic heterocycles. The Kier molecular flexibility index (Phi) is 45.4. The van der Waals surface area contributed by atoms with E-state index in [4.69, 9.17) is 5.53 Å². The van der Waals surface area contributed by atoms with Crippen LogP contribution in [0.1, 0.15) is 7.43 Å². The summed E-state index contributed by atoms with van der Waals surface area (Å²) in [5.41, 5.74) is 7.22. The number of nitrogens with zero attached hydrogens (tertiary/aromatic N) is 3. The molecule has 0 aromatic rings. The summed E-state index contributed by atoms with van der Waals surface area (Å²) in [6, 6.07) is 0. The number of hydrogen-bond donors (Lipinski definition) is 0. The van der Waals surface area contributed by atoms with E-state index in [0.717, 1.165) is 0 Å². The van der Waals surface area contributed by atoms with Gasteiger partial charge in [-0.15, -0.1) is 0 Å². The molecule has 0 rings (SSSR count). The van der Waals surface area contributed by atoms with Crippen molar-refractivity contribution in [1.29, 1.82) is 0 Å². The molecule has 0 aliphatic rings. The van der Waals surface area contributed by atoms with Gasteiger partial charge in [0.1, 0.15) is 0 Å². The van der Waals surface area contributed by atoms with Crippen LogP contribution in [0, 0.1) is 0 Å². The summed E-state index contributed by atoms with van der Waals surface area (Å²) >= 11 is 3.88. The van der Waals surface area contributed by atoms with Gasteiger partial charge in [-0.05, 0) is 0 Å². The monoisotopic (exact) mass is 331 g/mol. The van der Waals surface area contributed by atoms with Crippen molar-refractivity contribution in [3.8, 4) is 0 Å². The molecule has 0 saturated carbocycles. The summed E-state index contributed by atoms with van der Waals surface area (Å²) in [5, 5.41) is 0. The SMILES string of the molecule is C.[N-]=[N+]=[N][Cu].[PbH2]. The summed E-state index contributed by atoms with van der Waals surface area (Å²) in [6.45, 7) is 0. The fourth-order valence-corrected chi connectivity index (χ4v) is 0. The fourth-order valence-electron chi connectivity index (χ4n) is 0. The third-order valence-corrected chi connectivity index (χ3v) is 0.111. The number of rotatable bonds is 0. The van der Waals surface area contributed by atoms with Crippen molar-refractivity contribution in [3.63, 3.8) is 0 Å². The Bertz CT molecular complexity index is 48.8. The number of azide groups is 1. The maximum atomic E-state index is 7.22. The van der Waals surface area contributed by atoms with E-state index in [1.807, 2.05) is 0 Å². The average Bonchev–Trinajstić information content (AvgIpc) is 1.37. The minimum absolute atomic E-state index is 0. The second-order valence-corrected chi connectivity index (χ2v) is 0.338. The van der Waals surface area contributed by atoms with Crippen molar-refractivity contribution in [1.82, 2.24) is 0 Å². The molecule has 2 radical (unpaired) electrons. The van der Waals surface area contributed by atoms with Gasteiger partial charge in [-0.2, -0.15) is 0 Å². The molecule has 0 fully saturated rings. The first-order valence-electron chi connectivity index (χ1n) is 0.535.